The fraction of sp³-hybridized carbons (Fsp3) is 0.308. The summed E-state index contributed by atoms with van der Waals surface area (Å²) in [6.07, 6.45) is 2.12. The number of aromatic nitrogens is 2. The summed E-state index contributed by atoms with van der Waals surface area (Å²) in [7, 11) is 0. The van der Waals surface area contributed by atoms with Crippen molar-refractivity contribution in [2.45, 2.75) is 25.6 Å². The number of carboxylic acids is 1. The monoisotopic (exact) mass is 262 g/mol. The Labute approximate surface area is 107 Å². The summed E-state index contributed by atoms with van der Waals surface area (Å²) in [4.78, 5) is 27.3. The number of rotatable bonds is 2. The number of halogens is 1. The molecule has 0 spiro atoms. The maximum absolute atomic E-state index is 13.3. The first-order valence-corrected chi connectivity index (χ1v) is 5.88. The molecule has 0 amide bonds. The predicted octanol–water partition coefficient (Wildman–Crippen LogP) is 1.69. The number of hydrogen-bond acceptors (Lipinski definition) is 3. The highest BCUT2D eigenvalue weighted by molar-refractivity contribution is 5.93. The predicted molar refractivity (Wildman–Crippen MR) is 66.2 cm³/mol. The first-order chi connectivity index (χ1) is 9.00. The van der Waals surface area contributed by atoms with Gasteiger partial charge in [-0.05, 0) is 13.0 Å². The molecule has 2 aromatic heterocycles. The highest BCUT2D eigenvalue weighted by atomic mass is 19.1. The van der Waals surface area contributed by atoms with Gasteiger partial charge in [-0.2, -0.15) is 0 Å². The van der Waals surface area contributed by atoms with Crippen LogP contribution in [-0.2, 0) is 0 Å². The van der Waals surface area contributed by atoms with E-state index < -0.39 is 17.6 Å². The van der Waals surface area contributed by atoms with Gasteiger partial charge in [-0.3, -0.25) is 9.78 Å². The lowest BCUT2D eigenvalue weighted by Crippen LogP contribution is -2.20. The summed E-state index contributed by atoms with van der Waals surface area (Å²) in [5.41, 5.74) is 0.0752. The van der Waals surface area contributed by atoms with Crippen LogP contribution < -0.4 is 5.43 Å². The van der Waals surface area contributed by atoms with Crippen LogP contribution in [0, 0.1) is 6.92 Å². The molecule has 1 aliphatic carbocycles. The minimum absolute atomic E-state index is 0.251. The molecule has 1 saturated carbocycles. The Morgan fingerprint density at radius 1 is 1.58 bits per heavy atom. The minimum atomic E-state index is -1.31. The Balaban J connectivity index is 2.43. The maximum Gasteiger partial charge on any atom is 0.341 e. The Morgan fingerprint density at radius 2 is 2.26 bits per heavy atom. The molecule has 0 aromatic carbocycles. The number of aromatic carboxylic acids is 1. The van der Waals surface area contributed by atoms with Crippen molar-refractivity contribution in [3.05, 3.63) is 39.9 Å². The number of alkyl halides is 1. The maximum atomic E-state index is 13.3. The Morgan fingerprint density at radius 3 is 2.84 bits per heavy atom. The third-order valence-electron chi connectivity index (χ3n) is 3.41. The van der Waals surface area contributed by atoms with E-state index in [-0.39, 0.29) is 17.0 Å². The third kappa shape index (κ3) is 1.71. The number of hydrogen-bond donors (Lipinski definition) is 1. The second-order valence-corrected chi connectivity index (χ2v) is 4.69. The van der Waals surface area contributed by atoms with E-state index in [0.29, 0.717) is 17.6 Å². The molecule has 1 N–H and O–H groups in total. The van der Waals surface area contributed by atoms with Gasteiger partial charge in [0, 0.05) is 18.8 Å². The van der Waals surface area contributed by atoms with Crippen molar-refractivity contribution in [1.29, 1.82) is 0 Å². The molecular formula is C13H11FN2O3. The van der Waals surface area contributed by atoms with Crippen molar-refractivity contribution < 1.29 is 14.3 Å². The number of nitrogens with zero attached hydrogens (tertiary/aromatic N) is 2. The van der Waals surface area contributed by atoms with Crippen molar-refractivity contribution in [1.82, 2.24) is 9.55 Å². The number of carbonyl (C=O) groups is 1. The fourth-order valence-electron chi connectivity index (χ4n) is 2.32. The molecule has 0 saturated heterocycles. The molecule has 19 heavy (non-hydrogen) atoms. The average molecular weight is 262 g/mol. The fourth-order valence-corrected chi connectivity index (χ4v) is 2.32. The van der Waals surface area contributed by atoms with E-state index >= 15 is 0 Å². The summed E-state index contributed by atoms with van der Waals surface area (Å²) in [6, 6.07) is 1.23. The molecule has 98 valence electrons. The van der Waals surface area contributed by atoms with Crippen LogP contribution in [-0.4, -0.2) is 26.8 Å². The lowest BCUT2D eigenvalue weighted by molar-refractivity contribution is 0.0694. The second-order valence-electron chi connectivity index (χ2n) is 4.69. The van der Waals surface area contributed by atoms with Crippen LogP contribution in [0.4, 0.5) is 4.39 Å². The zero-order valence-corrected chi connectivity index (χ0v) is 10.1. The normalized spacial score (nSPS) is 21.6. The Bertz CT molecular complexity index is 753. The van der Waals surface area contributed by atoms with Gasteiger partial charge in [-0.1, -0.05) is 0 Å². The molecule has 0 aliphatic heterocycles. The zero-order valence-electron chi connectivity index (χ0n) is 10.1. The molecule has 1 aliphatic rings. The Kier molecular flexibility index (Phi) is 2.41. The van der Waals surface area contributed by atoms with Crippen molar-refractivity contribution in [3.8, 4) is 0 Å². The summed E-state index contributed by atoms with van der Waals surface area (Å²) in [5.74, 6) is -1.31. The van der Waals surface area contributed by atoms with Crippen LogP contribution in [0.3, 0.4) is 0 Å². The zero-order chi connectivity index (χ0) is 13.7. The van der Waals surface area contributed by atoms with Crippen molar-refractivity contribution in [3.63, 3.8) is 0 Å². The van der Waals surface area contributed by atoms with Gasteiger partial charge in [0.1, 0.15) is 11.7 Å². The van der Waals surface area contributed by atoms with Gasteiger partial charge in [-0.25, -0.2) is 9.18 Å². The topological polar surface area (TPSA) is 72.2 Å². The number of carboxylic acid groups (broad SMARTS) is 1. The van der Waals surface area contributed by atoms with Gasteiger partial charge in [0.2, 0.25) is 5.43 Å². The summed E-state index contributed by atoms with van der Waals surface area (Å²) in [6.45, 7) is 1.64. The van der Waals surface area contributed by atoms with Crippen LogP contribution in [0.5, 0.6) is 0 Å². The molecule has 2 aromatic rings. The quantitative estimate of drug-likeness (QED) is 0.893. The molecule has 0 radical (unpaired) electrons. The lowest BCUT2D eigenvalue weighted by Gasteiger charge is -2.12. The van der Waals surface area contributed by atoms with E-state index in [1.165, 1.54) is 12.4 Å². The van der Waals surface area contributed by atoms with Crippen LogP contribution in [0.25, 0.3) is 10.9 Å². The first kappa shape index (κ1) is 11.8. The molecule has 1 fully saturated rings. The minimum Gasteiger partial charge on any atom is -0.477 e. The van der Waals surface area contributed by atoms with Crippen molar-refractivity contribution >= 4 is 16.9 Å². The van der Waals surface area contributed by atoms with E-state index in [1.54, 1.807) is 17.6 Å². The van der Waals surface area contributed by atoms with Crippen molar-refractivity contribution in [2.75, 3.05) is 0 Å². The largest absolute Gasteiger partial charge is 0.477 e. The lowest BCUT2D eigenvalue weighted by atomic mass is 10.1. The van der Waals surface area contributed by atoms with E-state index in [9.17, 15) is 14.0 Å². The van der Waals surface area contributed by atoms with Crippen LogP contribution >= 0.6 is 0 Å². The summed E-state index contributed by atoms with van der Waals surface area (Å²) >= 11 is 0. The highest BCUT2D eigenvalue weighted by Gasteiger charge is 2.40. The van der Waals surface area contributed by atoms with Crippen LogP contribution in [0.1, 0.15) is 28.5 Å². The van der Waals surface area contributed by atoms with E-state index in [2.05, 4.69) is 4.98 Å². The van der Waals surface area contributed by atoms with Gasteiger partial charge in [0.15, 0.2) is 0 Å². The SMILES string of the molecule is Cc1nccc2c1c(=O)c(C(=O)O)cn2[C@@H]1C[C@@H]1F. The standard InChI is InChI=1S/C13H11FN2O3/c1-6-11-9(2-3-15-6)16(10-4-8(10)14)5-7(12(11)17)13(18)19/h2-3,5,8,10H,4H2,1H3,(H,18,19)/t8-,10+/m0/s1. The Hall–Kier alpha value is -2.24. The van der Waals surface area contributed by atoms with Crippen molar-refractivity contribution in [2.24, 2.45) is 0 Å². The molecule has 3 rings (SSSR count). The van der Waals surface area contributed by atoms with Crippen LogP contribution in [0.15, 0.2) is 23.3 Å². The second kappa shape index (κ2) is 3.88. The van der Waals surface area contributed by atoms with E-state index in [4.69, 9.17) is 5.11 Å². The van der Waals surface area contributed by atoms with E-state index in [1.807, 2.05) is 0 Å². The molecule has 2 atom stereocenters. The van der Waals surface area contributed by atoms with Gasteiger partial charge in [0.05, 0.1) is 22.6 Å². The van der Waals surface area contributed by atoms with Gasteiger partial charge < -0.3 is 9.67 Å². The molecule has 0 bridgehead atoms. The summed E-state index contributed by atoms with van der Waals surface area (Å²) < 4.78 is 14.8. The highest BCUT2D eigenvalue weighted by Crippen LogP contribution is 2.40. The summed E-state index contributed by atoms with van der Waals surface area (Å²) in [5, 5.41) is 9.33. The first-order valence-electron chi connectivity index (χ1n) is 5.88. The molecule has 5 nitrogen and oxygen atoms in total. The van der Waals surface area contributed by atoms with Crippen LogP contribution in [0.2, 0.25) is 0 Å². The molecule has 0 unspecified atom stereocenters. The molecular weight excluding hydrogens is 251 g/mol. The van der Waals surface area contributed by atoms with Gasteiger partial charge >= 0.3 is 5.97 Å². The molecule has 6 heteroatoms. The third-order valence-corrected chi connectivity index (χ3v) is 3.41. The van der Waals surface area contributed by atoms with Gasteiger partial charge in [0.25, 0.3) is 0 Å². The average Bonchev–Trinajstić information content (AvgIpc) is 3.06. The number of pyridine rings is 2. The number of aryl methyl sites for hydroxylation is 1. The van der Waals surface area contributed by atoms with Gasteiger partial charge in [-0.15, -0.1) is 0 Å². The molecule has 2 heterocycles. The number of fused-ring (bicyclic) bond motifs is 1. The smallest absolute Gasteiger partial charge is 0.341 e. The van der Waals surface area contributed by atoms with E-state index in [0.717, 1.165) is 0 Å².